The van der Waals surface area contributed by atoms with Gasteiger partial charge in [0, 0.05) is 5.56 Å². The summed E-state index contributed by atoms with van der Waals surface area (Å²) in [6.07, 6.45) is 14.7. The maximum absolute atomic E-state index is 10.2. The summed E-state index contributed by atoms with van der Waals surface area (Å²) in [5.74, 6) is 6.34. The highest BCUT2D eigenvalue weighted by atomic mass is 16.3. The Labute approximate surface area is 195 Å². The maximum Gasteiger partial charge on any atom is 0.120 e. The largest absolute Gasteiger partial charge is 0.378 e. The Morgan fingerprint density at radius 2 is 1.09 bits per heavy atom. The number of rotatable bonds is 11. The average molecular weight is 429 g/mol. The molecule has 1 heteroatoms. The number of unbranched alkanes of at least 4 members (excludes halogenated alkanes) is 9. The molecule has 3 aromatic carbocycles. The molecule has 0 atom stereocenters. The number of aryl methyl sites for hydroxylation is 1. The summed E-state index contributed by atoms with van der Waals surface area (Å²) in [6, 6.07) is 17.3. The Morgan fingerprint density at radius 3 is 1.56 bits per heavy atom. The van der Waals surface area contributed by atoms with Gasteiger partial charge in [0.05, 0.1) is 0 Å². The molecule has 0 amide bonds. The minimum Gasteiger partial charge on any atom is -0.378 e. The summed E-state index contributed by atoms with van der Waals surface area (Å²) in [6.45, 7) is 5.76. The van der Waals surface area contributed by atoms with Gasteiger partial charge in [0.2, 0.25) is 0 Å². The smallest absolute Gasteiger partial charge is 0.120 e. The summed E-state index contributed by atoms with van der Waals surface area (Å²) in [5.41, 5.74) is 1.48. The Kier molecular flexibility index (Phi) is 9.19. The molecule has 0 saturated heterocycles. The normalized spacial score (nSPS) is 11.6. The summed E-state index contributed by atoms with van der Waals surface area (Å²) in [4.78, 5) is 0. The lowest BCUT2D eigenvalue weighted by molar-refractivity contribution is 0.143. The minimum absolute atomic E-state index is 1.00. The molecule has 0 aromatic heterocycles. The van der Waals surface area contributed by atoms with Gasteiger partial charge in [0.1, 0.15) is 5.60 Å². The van der Waals surface area contributed by atoms with Crippen LogP contribution in [0, 0.1) is 11.8 Å². The van der Waals surface area contributed by atoms with Crippen molar-refractivity contribution in [2.45, 2.75) is 97.0 Å². The van der Waals surface area contributed by atoms with Crippen LogP contribution in [0.4, 0.5) is 0 Å². The van der Waals surface area contributed by atoms with E-state index in [1.165, 1.54) is 91.3 Å². The number of aliphatic hydroxyl groups is 1. The second kappa shape index (κ2) is 12.1. The number of hydrogen-bond donors (Lipinski definition) is 1. The van der Waals surface area contributed by atoms with Crippen LogP contribution < -0.4 is 0 Å². The molecule has 0 aliphatic carbocycles. The van der Waals surface area contributed by atoms with Crippen molar-refractivity contribution in [3.05, 3.63) is 59.7 Å². The lowest BCUT2D eigenvalue weighted by atomic mass is 9.89. The first kappa shape index (κ1) is 24.3. The number of fused-ring (bicyclic) bond motifs is 2. The molecule has 32 heavy (non-hydrogen) atoms. The van der Waals surface area contributed by atoms with Gasteiger partial charge < -0.3 is 5.11 Å². The molecule has 0 bridgehead atoms. The fraction of sp³-hybridized carbons (Fsp3) is 0.484. The Balaban J connectivity index is 1.74. The van der Waals surface area contributed by atoms with Gasteiger partial charge in [-0.05, 0) is 53.8 Å². The van der Waals surface area contributed by atoms with Gasteiger partial charge in [-0.2, -0.15) is 0 Å². The average Bonchev–Trinajstić information content (AvgIpc) is 2.78. The van der Waals surface area contributed by atoms with Crippen LogP contribution in [-0.2, 0) is 6.42 Å². The van der Waals surface area contributed by atoms with Crippen molar-refractivity contribution in [1.82, 2.24) is 0 Å². The zero-order chi connectivity index (χ0) is 22.8. The van der Waals surface area contributed by atoms with Crippen LogP contribution in [0.3, 0.4) is 0 Å². The number of benzene rings is 3. The van der Waals surface area contributed by atoms with Crippen LogP contribution in [0.2, 0.25) is 0 Å². The number of hydrogen-bond acceptors (Lipinski definition) is 1. The van der Waals surface area contributed by atoms with Crippen molar-refractivity contribution in [3.8, 4) is 11.8 Å². The van der Waals surface area contributed by atoms with E-state index >= 15 is 0 Å². The highest BCUT2D eigenvalue weighted by Gasteiger charge is 2.13. The van der Waals surface area contributed by atoms with E-state index < -0.39 is 5.60 Å². The summed E-state index contributed by atoms with van der Waals surface area (Å²) in [7, 11) is 0. The van der Waals surface area contributed by atoms with E-state index in [0.717, 1.165) is 12.0 Å². The summed E-state index contributed by atoms with van der Waals surface area (Å²) < 4.78 is 0. The summed E-state index contributed by atoms with van der Waals surface area (Å²) in [5, 5.41) is 15.2. The first-order chi connectivity index (χ1) is 15.5. The van der Waals surface area contributed by atoms with Crippen LogP contribution in [0.5, 0.6) is 0 Å². The van der Waals surface area contributed by atoms with Crippen molar-refractivity contribution in [2.75, 3.05) is 0 Å². The van der Waals surface area contributed by atoms with Crippen molar-refractivity contribution < 1.29 is 5.11 Å². The molecule has 1 N–H and O–H groups in total. The lowest BCUT2D eigenvalue weighted by Crippen LogP contribution is -2.14. The van der Waals surface area contributed by atoms with E-state index in [1.807, 2.05) is 0 Å². The van der Waals surface area contributed by atoms with E-state index in [2.05, 4.69) is 67.3 Å². The van der Waals surface area contributed by atoms with Gasteiger partial charge in [-0.15, -0.1) is 0 Å². The monoisotopic (exact) mass is 428 g/mol. The van der Waals surface area contributed by atoms with Gasteiger partial charge in [0.25, 0.3) is 0 Å². The van der Waals surface area contributed by atoms with Crippen LogP contribution in [0.15, 0.2) is 48.5 Å². The van der Waals surface area contributed by atoms with Gasteiger partial charge in [-0.25, -0.2) is 0 Å². The second-order valence-corrected chi connectivity index (χ2v) is 9.69. The SMILES string of the molecule is CCCCCCCCCCCCc1c2ccccc2c(C#CC(C)(C)O)c2ccccc12. The van der Waals surface area contributed by atoms with Gasteiger partial charge in [-0.1, -0.05) is 125 Å². The molecule has 0 heterocycles. The maximum atomic E-state index is 10.2. The van der Waals surface area contributed by atoms with E-state index in [1.54, 1.807) is 13.8 Å². The van der Waals surface area contributed by atoms with Crippen LogP contribution >= 0.6 is 0 Å². The first-order valence-electron chi connectivity index (χ1n) is 12.7. The highest BCUT2D eigenvalue weighted by molar-refractivity contribution is 6.07. The molecule has 1 nitrogen and oxygen atoms in total. The Morgan fingerprint density at radius 1 is 0.656 bits per heavy atom. The predicted molar refractivity (Wildman–Crippen MR) is 140 cm³/mol. The molecule has 3 aromatic rings. The molecule has 0 unspecified atom stereocenters. The fourth-order valence-corrected chi connectivity index (χ4v) is 4.63. The topological polar surface area (TPSA) is 20.2 Å². The fourth-order valence-electron chi connectivity index (χ4n) is 4.63. The summed E-state index contributed by atoms with van der Waals surface area (Å²) >= 11 is 0. The van der Waals surface area contributed by atoms with Crippen molar-refractivity contribution >= 4 is 21.5 Å². The molecule has 0 aliphatic rings. The quantitative estimate of drug-likeness (QED) is 0.184. The molecule has 0 fully saturated rings. The molecule has 0 aliphatic heterocycles. The van der Waals surface area contributed by atoms with E-state index in [-0.39, 0.29) is 0 Å². The van der Waals surface area contributed by atoms with Gasteiger partial charge in [-0.3, -0.25) is 0 Å². The van der Waals surface area contributed by atoms with Crippen LogP contribution in [0.1, 0.15) is 96.1 Å². The molecule has 0 spiro atoms. The Bertz CT molecular complexity index is 1000. The zero-order valence-electron chi connectivity index (χ0n) is 20.3. The Hall–Kier alpha value is -2.30. The molecular formula is C31H40O. The first-order valence-corrected chi connectivity index (χ1v) is 12.7. The third-order valence-electron chi connectivity index (χ3n) is 6.32. The molecular weight excluding hydrogens is 388 g/mol. The minimum atomic E-state index is -1.00. The molecule has 170 valence electrons. The van der Waals surface area contributed by atoms with Crippen molar-refractivity contribution in [3.63, 3.8) is 0 Å². The van der Waals surface area contributed by atoms with Crippen molar-refractivity contribution in [2.24, 2.45) is 0 Å². The molecule has 0 saturated carbocycles. The molecule has 3 rings (SSSR count). The second-order valence-electron chi connectivity index (χ2n) is 9.69. The van der Waals surface area contributed by atoms with E-state index in [4.69, 9.17) is 0 Å². The third-order valence-corrected chi connectivity index (χ3v) is 6.32. The van der Waals surface area contributed by atoms with Gasteiger partial charge >= 0.3 is 0 Å². The van der Waals surface area contributed by atoms with Crippen LogP contribution in [-0.4, -0.2) is 10.7 Å². The standard InChI is InChI=1S/C31H40O/c1-4-5-6-7-8-9-10-11-12-13-18-25-26-19-14-16-21-28(26)30(23-24-31(2,3)32)29-22-17-15-20-27(25)29/h14-17,19-22,32H,4-13,18H2,1-3H3. The third kappa shape index (κ3) is 6.85. The van der Waals surface area contributed by atoms with Crippen molar-refractivity contribution in [1.29, 1.82) is 0 Å². The predicted octanol–water partition coefficient (Wildman–Crippen LogP) is 8.58. The molecule has 0 radical (unpaired) electrons. The zero-order valence-corrected chi connectivity index (χ0v) is 20.3. The van der Waals surface area contributed by atoms with Gasteiger partial charge in [0.15, 0.2) is 0 Å². The van der Waals surface area contributed by atoms with Crippen LogP contribution in [0.25, 0.3) is 21.5 Å². The van der Waals surface area contributed by atoms with E-state index in [0.29, 0.717) is 0 Å². The lowest BCUT2D eigenvalue weighted by Gasteiger charge is -2.15. The highest BCUT2D eigenvalue weighted by Crippen LogP contribution is 2.33. The van der Waals surface area contributed by atoms with E-state index in [9.17, 15) is 5.11 Å².